The molecule has 112 valence electrons. The van der Waals surface area contributed by atoms with Crippen LogP contribution >= 0.6 is 15.9 Å². The van der Waals surface area contributed by atoms with E-state index in [0.717, 1.165) is 23.1 Å². The summed E-state index contributed by atoms with van der Waals surface area (Å²) in [6, 6.07) is 13.2. The van der Waals surface area contributed by atoms with Crippen LogP contribution in [0.3, 0.4) is 0 Å². The van der Waals surface area contributed by atoms with Crippen molar-refractivity contribution in [3.63, 3.8) is 0 Å². The van der Waals surface area contributed by atoms with Crippen LogP contribution in [0.15, 0.2) is 46.9 Å². The van der Waals surface area contributed by atoms with Crippen molar-refractivity contribution in [1.29, 1.82) is 0 Å². The zero-order valence-corrected chi connectivity index (χ0v) is 13.8. The highest BCUT2D eigenvalue weighted by atomic mass is 79.9. The second-order valence-electron chi connectivity index (χ2n) is 5.06. The van der Waals surface area contributed by atoms with Gasteiger partial charge in [-0.05, 0) is 55.7 Å². The largest absolute Gasteiger partial charge is 0.497 e. The average molecular weight is 352 g/mol. The standard InChI is InChI=1S/C17H19BrFNO/c1-12(20-17-11-14(18)7-10-16(17)19)3-4-13-5-8-15(21-2)9-6-13/h5-12,20H,3-4H2,1-2H3. The molecule has 0 bridgehead atoms. The molecule has 0 aromatic heterocycles. The van der Waals surface area contributed by atoms with Crippen LogP contribution < -0.4 is 10.1 Å². The van der Waals surface area contributed by atoms with Gasteiger partial charge in [-0.25, -0.2) is 4.39 Å². The molecule has 0 aliphatic carbocycles. The van der Waals surface area contributed by atoms with Gasteiger partial charge in [0.1, 0.15) is 11.6 Å². The van der Waals surface area contributed by atoms with Gasteiger partial charge in [-0.15, -0.1) is 0 Å². The van der Waals surface area contributed by atoms with E-state index < -0.39 is 0 Å². The SMILES string of the molecule is COc1ccc(CCC(C)Nc2cc(Br)ccc2F)cc1. The van der Waals surface area contributed by atoms with Crippen LogP contribution in [0, 0.1) is 5.82 Å². The fourth-order valence-corrected chi connectivity index (χ4v) is 2.48. The van der Waals surface area contributed by atoms with Crippen molar-refractivity contribution in [3.8, 4) is 5.75 Å². The Bertz CT molecular complexity index is 586. The monoisotopic (exact) mass is 351 g/mol. The minimum Gasteiger partial charge on any atom is -0.497 e. The third kappa shape index (κ3) is 4.74. The van der Waals surface area contributed by atoms with Crippen LogP contribution in [0.5, 0.6) is 5.75 Å². The fraction of sp³-hybridized carbons (Fsp3) is 0.294. The maximum absolute atomic E-state index is 13.7. The molecule has 1 N–H and O–H groups in total. The lowest BCUT2D eigenvalue weighted by atomic mass is 10.1. The highest BCUT2D eigenvalue weighted by Crippen LogP contribution is 2.21. The van der Waals surface area contributed by atoms with Gasteiger partial charge in [0.25, 0.3) is 0 Å². The first kappa shape index (κ1) is 15.8. The molecule has 2 aromatic rings. The van der Waals surface area contributed by atoms with Crippen LogP contribution in [-0.2, 0) is 6.42 Å². The maximum atomic E-state index is 13.7. The van der Waals surface area contributed by atoms with Crippen molar-refractivity contribution in [2.24, 2.45) is 0 Å². The van der Waals surface area contributed by atoms with E-state index >= 15 is 0 Å². The number of hydrogen-bond acceptors (Lipinski definition) is 2. The van der Waals surface area contributed by atoms with Crippen LogP contribution in [-0.4, -0.2) is 13.2 Å². The fourth-order valence-electron chi connectivity index (χ4n) is 2.12. The first-order chi connectivity index (χ1) is 10.1. The molecule has 4 heteroatoms. The Morgan fingerprint density at radius 1 is 1.19 bits per heavy atom. The molecular weight excluding hydrogens is 333 g/mol. The molecule has 0 saturated carbocycles. The lowest BCUT2D eigenvalue weighted by Gasteiger charge is -2.16. The van der Waals surface area contributed by atoms with Gasteiger partial charge in [-0.2, -0.15) is 0 Å². The number of methoxy groups -OCH3 is 1. The second kappa shape index (κ2) is 7.46. The Labute approximate surface area is 133 Å². The number of aryl methyl sites for hydroxylation is 1. The number of rotatable bonds is 6. The minimum absolute atomic E-state index is 0.191. The van der Waals surface area contributed by atoms with Crippen molar-refractivity contribution in [2.75, 3.05) is 12.4 Å². The molecule has 1 atom stereocenters. The summed E-state index contributed by atoms with van der Waals surface area (Å²) in [5, 5.41) is 3.21. The Morgan fingerprint density at radius 2 is 1.90 bits per heavy atom. The molecule has 0 aliphatic heterocycles. The van der Waals surface area contributed by atoms with Crippen molar-refractivity contribution in [3.05, 3.63) is 58.3 Å². The Balaban J connectivity index is 1.89. The molecule has 0 aliphatic rings. The number of halogens is 2. The van der Waals surface area contributed by atoms with E-state index in [4.69, 9.17) is 4.74 Å². The van der Waals surface area contributed by atoms with Gasteiger partial charge in [-0.1, -0.05) is 28.1 Å². The molecule has 2 aromatic carbocycles. The summed E-state index contributed by atoms with van der Waals surface area (Å²) >= 11 is 3.36. The van der Waals surface area contributed by atoms with Crippen molar-refractivity contribution >= 4 is 21.6 Å². The molecule has 1 unspecified atom stereocenters. The highest BCUT2D eigenvalue weighted by Gasteiger charge is 2.07. The van der Waals surface area contributed by atoms with E-state index in [1.54, 1.807) is 19.2 Å². The number of ether oxygens (including phenoxy) is 1. The van der Waals surface area contributed by atoms with Gasteiger partial charge in [0, 0.05) is 10.5 Å². The summed E-state index contributed by atoms with van der Waals surface area (Å²) in [4.78, 5) is 0. The first-order valence-corrected chi connectivity index (χ1v) is 7.72. The average Bonchev–Trinajstić information content (AvgIpc) is 2.49. The third-order valence-corrected chi connectivity index (χ3v) is 3.85. The van der Waals surface area contributed by atoms with Gasteiger partial charge in [-0.3, -0.25) is 0 Å². The number of hydrogen-bond donors (Lipinski definition) is 1. The Kier molecular flexibility index (Phi) is 5.62. The molecule has 0 saturated heterocycles. The van der Waals surface area contributed by atoms with Gasteiger partial charge in [0.15, 0.2) is 0 Å². The zero-order valence-electron chi connectivity index (χ0n) is 12.2. The van der Waals surface area contributed by atoms with Crippen molar-refractivity contribution in [1.82, 2.24) is 0 Å². The molecule has 21 heavy (non-hydrogen) atoms. The molecule has 2 rings (SSSR count). The zero-order chi connectivity index (χ0) is 15.2. The summed E-state index contributed by atoms with van der Waals surface area (Å²) in [6.45, 7) is 2.06. The predicted molar refractivity (Wildman–Crippen MR) is 88.5 cm³/mol. The van der Waals surface area contributed by atoms with E-state index in [9.17, 15) is 4.39 Å². The highest BCUT2D eigenvalue weighted by molar-refractivity contribution is 9.10. The summed E-state index contributed by atoms with van der Waals surface area (Å²) in [5.41, 5.74) is 1.78. The van der Waals surface area contributed by atoms with Crippen LogP contribution in [0.1, 0.15) is 18.9 Å². The number of benzene rings is 2. The third-order valence-electron chi connectivity index (χ3n) is 3.36. The molecule has 0 fully saturated rings. The smallest absolute Gasteiger partial charge is 0.146 e. The molecule has 0 spiro atoms. The van der Waals surface area contributed by atoms with Crippen molar-refractivity contribution in [2.45, 2.75) is 25.8 Å². The van der Waals surface area contributed by atoms with E-state index in [1.165, 1.54) is 11.6 Å². The maximum Gasteiger partial charge on any atom is 0.146 e. The van der Waals surface area contributed by atoms with Crippen LogP contribution in [0.4, 0.5) is 10.1 Å². The molecule has 0 amide bonds. The van der Waals surface area contributed by atoms with Crippen LogP contribution in [0.25, 0.3) is 0 Å². The summed E-state index contributed by atoms with van der Waals surface area (Å²) < 4.78 is 19.7. The van der Waals surface area contributed by atoms with E-state index in [0.29, 0.717) is 5.69 Å². The quantitative estimate of drug-likeness (QED) is 0.787. The van der Waals surface area contributed by atoms with E-state index in [-0.39, 0.29) is 11.9 Å². The summed E-state index contributed by atoms with van der Waals surface area (Å²) in [6.07, 6.45) is 1.87. The molecule has 0 heterocycles. The number of anilines is 1. The molecule has 2 nitrogen and oxygen atoms in total. The second-order valence-corrected chi connectivity index (χ2v) is 5.97. The van der Waals surface area contributed by atoms with Crippen LogP contribution in [0.2, 0.25) is 0 Å². The van der Waals surface area contributed by atoms with Crippen molar-refractivity contribution < 1.29 is 9.13 Å². The normalized spacial score (nSPS) is 12.0. The predicted octanol–water partition coefficient (Wildman–Crippen LogP) is 5.03. The minimum atomic E-state index is -0.227. The number of nitrogens with one attached hydrogen (secondary N) is 1. The van der Waals surface area contributed by atoms with E-state index in [2.05, 4.69) is 40.3 Å². The van der Waals surface area contributed by atoms with Gasteiger partial charge >= 0.3 is 0 Å². The first-order valence-electron chi connectivity index (χ1n) is 6.93. The summed E-state index contributed by atoms with van der Waals surface area (Å²) in [7, 11) is 1.66. The van der Waals surface area contributed by atoms with Gasteiger partial charge < -0.3 is 10.1 Å². The lowest BCUT2D eigenvalue weighted by molar-refractivity contribution is 0.414. The van der Waals surface area contributed by atoms with E-state index in [1.807, 2.05) is 12.1 Å². The Morgan fingerprint density at radius 3 is 2.57 bits per heavy atom. The topological polar surface area (TPSA) is 21.3 Å². The Hall–Kier alpha value is -1.55. The molecular formula is C17H19BrFNO. The lowest BCUT2D eigenvalue weighted by Crippen LogP contribution is -2.16. The summed E-state index contributed by atoms with van der Waals surface area (Å²) in [5.74, 6) is 0.635. The molecule has 0 radical (unpaired) electrons. The van der Waals surface area contributed by atoms with Gasteiger partial charge in [0.2, 0.25) is 0 Å². The van der Waals surface area contributed by atoms with Gasteiger partial charge in [0.05, 0.1) is 12.8 Å².